The molecular weight excluding hydrogens is 150 g/mol. The number of amides is 1. The van der Waals surface area contributed by atoms with Gasteiger partial charge in [-0.3, -0.25) is 0 Å². The number of carbonyl (C=O) groups is 1. The lowest BCUT2D eigenvalue weighted by atomic mass is 10.0. The van der Waals surface area contributed by atoms with Gasteiger partial charge < -0.3 is 10.1 Å². The van der Waals surface area contributed by atoms with Gasteiger partial charge in [-0.05, 0) is 6.92 Å². The van der Waals surface area contributed by atoms with Crippen LogP contribution in [0.15, 0.2) is 0 Å². The Balaban J connectivity index is 2.22. The van der Waals surface area contributed by atoms with Crippen molar-refractivity contribution in [2.75, 3.05) is 11.5 Å². The van der Waals surface area contributed by atoms with Crippen molar-refractivity contribution in [1.82, 2.24) is 5.32 Å². The minimum absolute atomic E-state index is 0.220. The molecule has 2 unspecified atom stereocenters. The highest BCUT2D eigenvalue weighted by molar-refractivity contribution is 7.99. The summed E-state index contributed by atoms with van der Waals surface area (Å²) in [5.74, 6) is 1.92. The van der Waals surface area contributed by atoms with Crippen molar-refractivity contribution < 1.29 is 9.53 Å². The second-order valence-corrected chi connectivity index (χ2v) is 3.94. The van der Waals surface area contributed by atoms with Crippen molar-refractivity contribution in [2.45, 2.75) is 18.6 Å². The van der Waals surface area contributed by atoms with E-state index >= 15 is 0 Å². The molecule has 0 spiro atoms. The zero-order valence-electron chi connectivity index (χ0n) is 5.72. The van der Waals surface area contributed by atoms with Crippen LogP contribution in [0.1, 0.15) is 6.92 Å². The van der Waals surface area contributed by atoms with Crippen LogP contribution in [0.4, 0.5) is 4.79 Å². The monoisotopic (exact) mass is 159 g/mol. The second kappa shape index (κ2) is 1.81. The number of thioether (sulfide) groups is 1. The third-order valence-electron chi connectivity index (χ3n) is 2.03. The molecule has 3 nitrogen and oxygen atoms in total. The van der Waals surface area contributed by atoms with Gasteiger partial charge in [0.25, 0.3) is 0 Å². The van der Waals surface area contributed by atoms with Gasteiger partial charge in [0.1, 0.15) is 5.60 Å². The molecule has 2 heterocycles. The molecule has 2 saturated heterocycles. The molecule has 2 aliphatic heterocycles. The molecule has 2 fully saturated rings. The fourth-order valence-electron chi connectivity index (χ4n) is 1.33. The van der Waals surface area contributed by atoms with Crippen molar-refractivity contribution in [3.63, 3.8) is 0 Å². The maximum Gasteiger partial charge on any atom is 0.408 e. The number of nitrogens with one attached hydrogen (secondary N) is 1. The van der Waals surface area contributed by atoms with E-state index in [4.69, 9.17) is 4.74 Å². The van der Waals surface area contributed by atoms with Crippen LogP contribution >= 0.6 is 11.8 Å². The normalized spacial score (nSPS) is 44.5. The lowest BCUT2D eigenvalue weighted by molar-refractivity contribution is 0.0805. The first-order valence-electron chi connectivity index (χ1n) is 3.28. The van der Waals surface area contributed by atoms with Crippen LogP contribution in [0.5, 0.6) is 0 Å². The second-order valence-electron chi connectivity index (χ2n) is 2.91. The fraction of sp³-hybridized carbons (Fsp3) is 0.833. The van der Waals surface area contributed by atoms with Gasteiger partial charge in [-0.25, -0.2) is 4.79 Å². The summed E-state index contributed by atoms with van der Waals surface area (Å²) in [4.78, 5) is 10.7. The maximum absolute atomic E-state index is 10.7. The number of fused-ring (bicyclic) bond motifs is 1. The molecule has 10 heavy (non-hydrogen) atoms. The van der Waals surface area contributed by atoms with Gasteiger partial charge in [0.05, 0.1) is 6.04 Å². The van der Waals surface area contributed by atoms with E-state index in [2.05, 4.69) is 5.32 Å². The highest BCUT2D eigenvalue weighted by Gasteiger charge is 2.48. The van der Waals surface area contributed by atoms with Crippen LogP contribution in [0, 0.1) is 0 Å². The van der Waals surface area contributed by atoms with Crippen LogP contribution in [0.2, 0.25) is 0 Å². The van der Waals surface area contributed by atoms with Gasteiger partial charge in [-0.2, -0.15) is 11.8 Å². The van der Waals surface area contributed by atoms with Crippen molar-refractivity contribution >= 4 is 17.9 Å². The minimum Gasteiger partial charge on any atom is -0.440 e. The molecule has 2 rings (SSSR count). The van der Waals surface area contributed by atoms with E-state index in [1.165, 1.54) is 0 Å². The van der Waals surface area contributed by atoms with Gasteiger partial charge in [0.15, 0.2) is 0 Å². The van der Waals surface area contributed by atoms with Crippen molar-refractivity contribution in [3.8, 4) is 0 Å². The smallest absolute Gasteiger partial charge is 0.408 e. The highest BCUT2D eigenvalue weighted by Crippen LogP contribution is 2.34. The number of hydrogen-bond donors (Lipinski definition) is 1. The Morgan fingerprint density at radius 2 is 2.70 bits per heavy atom. The van der Waals surface area contributed by atoms with Crippen molar-refractivity contribution in [1.29, 1.82) is 0 Å². The predicted molar refractivity (Wildman–Crippen MR) is 39.1 cm³/mol. The summed E-state index contributed by atoms with van der Waals surface area (Å²) in [5.41, 5.74) is -0.220. The molecule has 0 aliphatic carbocycles. The summed E-state index contributed by atoms with van der Waals surface area (Å²) >= 11 is 1.83. The Bertz CT molecular complexity index is 185. The van der Waals surface area contributed by atoms with E-state index in [0.717, 1.165) is 11.5 Å². The molecule has 4 heteroatoms. The first-order chi connectivity index (χ1) is 4.71. The Hall–Kier alpha value is -0.380. The SMILES string of the molecule is CC12CSCC1NC(=O)O2. The van der Waals surface area contributed by atoms with Gasteiger partial charge >= 0.3 is 6.09 Å². The summed E-state index contributed by atoms with van der Waals surface area (Å²) in [5, 5.41) is 2.77. The first kappa shape index (κ1) is 6.34. The summed E-state index contributed by atoms with van der Waals surface area (Å²) in [6.45, 7) is 1.98. The standard InChI is InChI=1S/C6H9NO2S/c1-6-3-10-2-4(6)7-5(8)9-6/h4H,2-3H2,1H3,(H,7,8). The average Bonchev–Trinajstić information content (AvgIpc) is 2.20. The van der Waals surface area contributed by atoms with Gasteiger partial charge in [0, 0.05) is 11.5 Å². The molecule has 1 N–H and O–H groups in total. The molecule has 0 aromatic heterocycles. The van der Waals surface area contributed by atoms with E-state index in [1.807, 2.05) is 18.7 Å². The lowest BCUT2D eigenvalue weighted by Gasteiger charge is -2.18. The van der Waals surface area contributed by atoms with E-state index in [-0.39, 0.29) is 17.7 Å². The van der Waals surface area contributed by atoms with Crippen LogP contribution < -0.4 is 5.32 Å². The van der Waals surface area contributed by atoms with E-state index in [1.54, 1.807) is 0 Å². The summed E-state index contributed by atoms with van der Waals surface area (Å²) in [6.07, 6.45) is -0.257. The maximum atomic E-state index is 10.7. The van der Waals surface area contributed by atoms with Crippen LogP contribution in [-0.4, -0.2) is 29.2 Å². The first-order valence-corrected chi connectivity index (χ1v) is 4.43. The number of hydrogen-bond acceptors (Lipinski definition) is 3. The zero-order valence-corrected chi connectivity index (χ0v) is 6.53. The predicted octanol–water partition coefficient (Wildman–Crippen LogP) is 0.600. The van der Waals surface area contributed by atoms with Gasteiger partial charge in [0.2, 0.25) is 0 Å². The Morgan fingerprint density at radius 1 is 1.90 bits per heavy atom. The molecule has 0 aromatic rings. The molecular formula is C6H9NO2S. The Kier molecular flexibility index (Phi) is 1.15. The highest BCUT2D eigenvalue weighted by atomic mass is 32.2. The fourth-order valence-corrected chi connectivity index (χ4v) is 2.79. The number of carbonyl (C=O) groups excluding carboxylic acids is 1. The molecule has 0 radical (unpaired) electrons. The molecule has 0 aromatic carbocycles. The quantitative estimate of drug-likeness (QED) is 0.562. The molecule has 2 aliphatic rings. The van der Waals surface area contributed by atoms with E-state index in [9.17, 15) is 4.79 Å². The summed E-state index contributed by atoms with van der Waals surface area (Å²) in [7, 11) is 0. The van der Waals surface area contributed by atoms with Crippen molar-refractivity contribution in [3.05, 3.63) is 0 Å². The molecule has 0 bridgehead atoms. The third kappa shape index (κ3) is 0.714. The van der Waals surface area contributed by atoms with E-state index in [0.29, 0.717) is 0 Å². The number of rotatable bonds is 0. The van der Waals surface area contributed by atoms with Crippen molar-refractivity contribution in [2.24, 2.45) is 0 Å². The summed E-state index contributed by atoms with van der Waals surface area (Å²) < 4.78 is 5.10. The average molecular weight is 159 g/mol. The van der Waals surface area contributed by atoms with Crippen LogP contribution in [-0.2, 0) is 4.74 Å². The number of ether oxygens (including phenoxy) is 1. The Labute approximate surface area is 63.5 Å². The Morgan fingerprint density at radius 3 is 3.40 bits per heavy atom. The molecule has 56 valence electrons. The van der Waals surface area contributed by atoms with Crippen LogP contribution in [0.25, 0.3) is 0 Å². The van der Waals surface area contributed by atoms with E-state index < -0.39 is 0 Å². The lowest BCUT2D eigenvalue weighted by Crippen LogP contribution is -2.39. The van der Waals surface area contributed by atoms with Gasteiger partial charge in [-0.15, -0.1) is 0 Å². The zero-order chi connectivity index (χ0) is 7.19. The van der Waals surface area contributed by atoms with Crippen LogP contribution in [0.3, 0.4) is 0 Å². The molecule has 2 atom stereocenters. The largest absolute Gasteiger partial charge is 0.440 e. The third-order valence-corrected chi connectivity index (χ3v) is 3.37. The topological polar surface area (TPSA) is 38.3 Å². The minimum atomic E-state index is -0.257. The number of alkyl carbamates (subject to hydrolysis) is 1. The van der Waals surface area contributed by atoms with Gasteiger partial charge in [-0.1, -0.05) is 0 Å². The molecule has 1 amide bonds. The summed E-state index contributed by atoms with van der Waals surface area (Å²) in [6, 6.07) is 0.241. The molecule has 0 saturated carbocycles.